The van der Waals surface area contributed by atoms with Crippen molar-refractivity contribution in [2.45, 2.75) is 0 Å². The minimum atomic E-state index is -0.161. The second-order valence-electron chi connectivity index (χ2n) is 4.85. The van der Waals surface area contributed by atoms with Crippen molar-refractivity contribution in [3.8, 4) is 11.5 Å². The van der Waals surface area contributed by atoms with Crippen molar-refractivity contribution in [3.63, 3.8) is 0 Å². The molecule has 0 bridgehead atoms. The molecular weight excluding hydrogens is 324 g/mol. The first-order chi connectivity index (χ1) is 11.5. The van der Waals surface area contributed by atoms with Gasteiger partial charge in [0.15, 0.2) is 10.9 Å². The van der Waals surface area contributed by atoms with Crippen LogP contribution in [0.2, 0.25) is 0 Å². The van der Waals surface area contributed by atoms with Crippen LogP contribution in [0.25, 0.3) is 5.57 Å². The van der Waals surface area contributed by atoms with Gasteiger partial charge >= 0.3 is 0 Å². The number of hydrogen-bond donors (Lipinski definition) is 2. The lowest BCUT2D eigenvalue weighted by molar-refractivity contribution is 0.105. The van der Waals surface area contributed by atoms with Gasteiger partial charge in [-0.1, -0.05) is 12.1 Å². The summed E-state index contributed by atoms with van der Waals surface area (Å²) in [5, 5.41) is 2.80. The number of ketones is 1. The number of benzene rings is 2. The third-order valence-electron chi connectivity index (χ3n) is 3.36. The maximum Gasteiger partial charge on any atom is 0.195 e. The maximum atomic E-state index is 12.8. The van der Waals surface area contributed by atoms with Gasteiger partial charge in [0.25, 0.3) is 0 Å². The van der Waals surface area contributed by atoms with Crippen LogP contribution in [0.5, 0.6) is 11.5 Å². The molecule has 3 N–H and O–H groups in total. The summed E-state index contributed by atoms with van der Waals surface area (Å²) in [4.78, 5) is 12.8. The number of ether oxygens (including phenoxy) is 2. The second-order valence-corrected chi connectivity index (χ2v) is 5.29. The zero-order chi connectivity index (χ0) is 17.5. The standard InChI is InChI=1S/C18H18N2O3S/c1-22-14-7-3-12(4-8-14)16(11-20-18(19)24)17(21)13-5-9-15(23-2)10-6-13/h3-11H,1-2H3,(H3,19,20,24)/b16-11+. The third-order valence-corrected chi connectivity index (χ3v) is 3.47. The number of nitrogens with one attached hydrogen (secondary N) is 1. The topological polar surface area (TPSA) is 73.6 Å². The van der Waals surface area contributed by atoms with Gasteiger partial charge in [-0.05, 0) is 54.2 Å². The van der Waals surface area contributed by atoms with Crippen LogP contribution in [0, 0.1) is 0 Å². The van der Waals surface area contributed by atoms with Gasteiger partial charge in [-0.15, -0.1) is 0 Å². The highest BCUT2D eigenvalue weighted by molar-refractivity contribution is 7.80. The average molecular weight is 342 g/mol. The summed E-state index contributed by atoms with van der Waals surface area (Å²) in [5.74, 6) is 1.23. The highest BCUT2D eigenvalue weighted by atomic mass is 32.1. The Morgan fingerprint density at radius 1 is 0.958 bits per heavy atom. The first-order valence-corrected chi connectivity index (χ1v) is 7.55. The molecule has 0 aliphatic carbocycles. The Kier molecular flexibility index (Phi) is 5.92. The van der Waals surface area contributed by atoms with Crippen LogP contribution in [-0.2, 0) is 0 Å². The lowest BCUT2D eigenvalue weighted by Crippen LogP contribution is -2.25. The maximum absolute atomic E-state index is 12.8. The van der Waals surface area contributed by atoms with E-state index in [4.69, 9.17) is 27.4 Å². The molecule has 124 valence electrons. The zero-order valence-electron chi connectivity index (χ0n) is 13.4. The van der Waals surface area contributed by atoms with E-state index >= 15 is 0 Å². The predicted molar refractivity (Wildman–Crippen MR) is 98.2 cm³/mol. The lowest BCUT2D eigenvalue weighted by atomic mass is 9.97. The summed E-state index contributed by atoms with van der Waals surface area (Å²) < 4.78 is 10.3. The summed E-state index contributed by atoms with van der Waals surface area (Å²) in [6.45, 7) is 0. The van der Waals surface area contributed by atoms with E-state index < -0.39 is 0 Å². The van der Waals surface area contributed by atoms with Gasteiger partial charge in [-0.3, -0.25) is 4.79 Å². The normalized spacial score (nSPS) is 10.8. The first-order valence-electron chi connectivity index (χ1n) is 7.14. The zero-order valence-corrected chi connectivity index (χ0v) is 14.2. The Balaban J connectivity index is 2.38. The molecule has 5 nitrogen and oxygen atoms in total. The van der Waals surface area contributed by atoms with Crippen molar-refractivity contribution in [1.29, 1.82) is 0 Å². The van der Waals surface area contributed by atoms with E-state index in [0.717, 1.165) is 5.56 Å². The molecule has 24 heavy (non-hydrogen) atoms. The first kappa shape index (κ1) is 17.5. The molecule has 0 fully saturated rings. The number of methoxy groups -OCH3 is 2. The lowest BCUT2D eigenvalue weighted by Gasteiger charge is -2.10. The molecule has 0 unspecified atom stereocenters. The minimum Gasteiger partial charge on any atom is -0.497 e. The van der Waals surface area contributed by atoms with E-state index in [0.29, 0.717) is 22.6 Å². The summed E-state index contributed by atoms with van der Waals surface area (Å²) in [6, 6.07) is 14.1. The summed E-state index contributed by atoms with van der Waals surface area (Å²) in [7, 11) is 3.16. The largest absolute Gasteiger partial charge is 0.497 e. The van der Waals surface area contributed by atoms with Crippen molar-refractivity contribution in [2.75, 3.05) is 14.2 Å². The quantitative estimate of drug-likeness (QED) is 0.478. The van der Waals surface area contributed by atoms with E-state index in [-0.39, 0.29) is 10.9 Å². The van der Waals surface area contributed by atoms with Gasteiger partial charge in [-0.2, -0.15) is 0 Å². The van der Waals surface area contributed by atoms with Crippen molar-refractivity contribution in [2.24, 2.45) is 5.73 Å². The van der Waals surface area contributed by atoms with Crippen LogP contribution < -0.4 is 20.5 Å². The van der Waals surface area contributed by atoms with Crippen molar-refractivity contribution >= 4 is 28.7 Å². The Labute approximate surface area is 146 Å². The number of rotatable bonds is 6. The van der Waals surface area contributed by atoms with Crippen LogP contribution in [0.4, 0.5) is 0 Å². The van der Waals surface area contributed by atoms with Gasteiger partial charge in [0.05, 0.1) is 14.2 Å². The Hall–Kier alpha value is -2.86. The Morgan fingerprint density at radius 2 is 1.42 bits per heavy atom. The number of allylic oxidation sites excluding steroid dienone is 1. The van der Waals surface area contributed by atoms with Crippen LogP contribution in [0.3, 0.4) is 0 Å². The molecule has 6 heteroatoms. The number of thiocarbonyl (C=S) groups is 1. The molecule has 0 atom stereocenters. The molecule has 2 aromatic rings. The van der Waals surface area contributed by atoms with Crippen LogP contribution in [-0.4, -0.2) is 25.1 Å². The molecule has 0 saturated carbocycles. The fraction of sp³-hybridized carbons (Fsp3) is 0.111. The molecule has 0 aromatic heterocycles. The Morgan fingerprint density at radius 3 is 1.83 bits per heavy atom. The van der Waals surface area contributed by atoms with E-state index in [1.807, 2.05) is 0 Å². The van der Waals surface area contributed by atoms with E-state index in [2.05, 4.69) is 5.32 Å². The molecule has 0 radical (unpaired) electrons. The molecule has 2 aromatic carbocycles. The molecule has 0 saturated heterocycles. The fourth-order valence-electron chi connectivity index (χ4n) is 2.09. The molecule has 0 aliphatic rings. The smallest absolute Gasteiger partial charge is 0.195 e. The van der Waals surface area contributed by atoms with Crippen molar-refractivity contribution in [1.82, 2.24) is 5.32 Å². The summed E-state index contributed by atoms with van der Waals surface area (Å²) >= 11 is 4.81. The number of carbonyl (C=O) groups is 1. The highest BCUT2D eigenvalue weighted by Crippen LogP contribution is 2.23. The number of nitrogens with two attached hydrogens (primary N) is 1. The van der Waals surface area contributed by atoms with Gasteiger partial charge in [-0.25, -0.2) is 0 Å². The number of hydrogen-bond acceptors (Lipinski definition) is 4. The van der Waals surface area contributed by atoms with Gasteiger partial charge in [0.2, 0.25) is 0 Å². The second kappa shape index (κ2) is 8.12. The molecule has 0 spiro atoms. The van der Waals surface area contributed by atoms with E-state index in [1.165, 1.54) is 6.20 Å². The van der Waals surface area contributed by atoms with Crippen molar-refractivity contribution < 1.29 is 14.3 Å². The highest BCUT2D eigenvalue weighted by Gasteiger charge is 2.15. The summed E-state index contributed by atoms with van der Waals surface area (Å²) in [5.41, 5.74) is 7.16. The van der Waals surface area contributed by atoms with E-state index in [9.17, 15) is 4.79 Å². The van der Waals surface area contributed by atoms with Crippen LogP contribution in [0.15, 0.2) is 54.7 Å². The van der Waals surface area contributed by atoms with Gasteiger partial charge in [0, 0.05) is 17.3 Å². The molecule has 0 heterocycles. The number of carbonyl (C=O) groups excluding carboxylic acids is 1. The average Bonchev–Trinajstić information content (AvgIpc) is 2.62. The third kappa shape index (κ3) is 4.33. The van der Waals surface area contributed by atoms with E-state index in [1.54, 1.807) is 62.8 Å². The molecule has 2 rings (SSSR count). The molecule has 0 amide bonds. The summed E-state index contributed by atoms with van der Waals surface area (Å²) in [6.07, 6.45) is 1.51. The Bertz CT molecular complexity index is 753. The molecular formula is C18H18N2O3S. The van der Waals surface area contributed by atoms with Crippen LogP contribution >= 0.6 is 12.2 Å². The minimum absolute atomic E-state index is 0.0866. The molecule has 0 aliphatic heterocycles. The van der Waals surface area contributed by atoms with Gasteiger partial charge in [0.1, 0.15) is 11.5 Å². The van der Waals surface area contributed by atoms with Crippen molar-refractivity contribution in [3.05, 3.63) is 65.9 Å². The van der Waals surface area contributed by atoms with Gasteiger partial charge < -0.3 is 20.5 Å². The number of Topliss-reactive ketones (excluding diaryl/α,β-unsaturated/α-hetero) is 1. The van der Waals surface area contributed by atoms with Crippen LogP contribution in [0.1, 0.15) is 15.9 Å². The SMILES string of the molecule is COc1ccc(C(=O)/C(=C/NC(N)=S)c2ccc(OC)cc2)cc1. The predicted octanol–water partition coefficient (Wildman–Crippen LogP) is 2.76. The fourth-order valence-corrected chi connectivity index (χ4v) is 2.15. The monoisotopic (exact) mass is 342 g/mol.